The van der Waals surface area contributed by atoms with E-state index in [1.54, 1.807) is 7.11 Å². The van der Waals surface area contributed by atoms with Gasteiger partial charge in [0, 0.05) is 30.7 Å². The van der Waals surface area contributed by atoms with Gasteiger partial charge in [-0.05, 0) is 32.4 Å². The molecule has 0 unspecified atom stereocenters. The third-order valence-electron chi connectivity index (χ3n) is 2.85. The highest BCUT2D eigenvalue weighted by molar-refractivity contribution is 9.08. The zero-order valence-corrected chi connectivity index (χ0v) is 12.8. The van der Waals surface area contributed by atoms with Crippen LogP contribution in [0.4, 0.5) is 5.69 Å². The molecule has 1 rings (SSSR count). The Bertz CT molecular complexity index is 352. The van der Waals surface area contributed by atoms with Gasteiger partial charge in [0.25, 0.3) is 0 Å². The van der Waals surface area contributed by atoms with Gasteiger partial charge in [0.1, 0.15) is 0 Å². The van der Waals surface area contributed by atoms with Crippen LogP contribution in [0, 0.1) is 6.92 Å². The first-order valence-corrected chi connectivity index (χ1v) is 7.13. The minimum atomic E-state index is 0.477. The van der Waals surface area contributed by atoms with Gasteiger partial charge in [0.2, 0.25) is 0 Å². The van der Waals surface area contributed by atoms with Gasteiger partial charge < -0.3 is 9.64 Å². The Hall–Kier alpha value is -0.540. The summed E-state index contributed by atoms with van der Waals surface area (Å²) >= 11 is 3.57. The van der Waals surface area contributed by atoms with E-state index >= 15 is 0 Å². The van der Waals surface area contributed by atoms with E-state index in [0.717, 1.165) is 18.5 Å². The fourth-order valence-electron chi connectivity index (χ4n) is 1.95. The second-order valence-corrected chi connectivity index (χ2v) is 5.11. The molecule has 0 spiro atoms. The van der Waals surface area contributed by atoms with E-state index in [4.69, 9.17) is 4.74 Å². The van der Waals surface area contributed by atoms with Crippen molar-refractivity contribution in [1.82, 2.24) is 0 Å². The number of nitrogens with zero attached hydrogens (tertiary/aromatic N) is 1. The van der Waals surface area contributed by atoms with E-state index in [2.05, 4.69) is 59.8 Å². The van der Waals surface area contributed by atoms with E-state index < -0.39 is 0 Å². The molecule has 17 heavy (non-hydrogen) atoms. The molecule has 1 aromatic rings. The third-order valence-corrected chi connectivity index (χ3v) is 3.45. The summed E-state index contributed by atoms with van der Waals surface area (Å²) < 4.78 is 5.19. The van der Waals surface area contributed by atoms with Crippen molar-refractivity contribution in [2.45, 2.75) is 32.1 Å². The molecule has 96 valence electrons. The second-order valence-electron chi connectivity index (χ2n) is 4.55. The van der Waals surface area contributed by atoms with Gasteiger partial charge in [-0.1, -0.05) is 33.6 Å². The number of anilines is 1. The topological polar surface area (TPSA) is 12.5 Å². The van der Waals surface area contributed by atoms with Crippen molar-refractivity contribution in [1.29, 1.82) is 0 Å². The summed E-state index contributed by atoms with van der Waals surface area (Å²) in [6.07, 6.45) is 0. The number of rotatable bonds is 6. The molecular formula is C14H22BrNO. The van der Waals surface area contributed by atoms with Gasteiger partial charge in [0.15, 0.2) is 0 Å². The summed E-state index contributed by atoms with van der Waals surface area (Å²) in [6.45, 7) is 8.25. The molecule has 3 heteroatoms. The highest BCUT2D eigenvalue weighted by Crippen LogP contribution is 2.25. The molecule has 0 fully saturated rings. The Balaban J connectivity index is 3.00. The maximum absolute atomic E-state index is 5.19. The number of halogens is 1. The van der Waals surface area contributed by atoms with Gasteiger partial charge in [-0.2, -0.15) is 0 Å². The Morgan fingerprint density at radius 2 is 2.06 bits per heavy atom. The molecule has 0 atom stereocenters. The van der Waals surface area contributed by atoms with Crippen molar-refractivity contribution in [3.8, 4) is 0 Å². The molecule has 0 aromatic heterocycles. The zero-order valence-electron chi connectivity index (χ0n) is 11.2. The predicted octanol–water partition coefficient (Wildman–Crippen LogP) is 3.75. The highest BCUT2D eigenvalue weighted by atomic mass is 79.9. The molecule has 0 saturated carbocycles. The van der Waals surface area contributed by atoms with E-state index in [1.165, 1.54) is 16.8 Å². The first-order chi connectivity index (χ1) is 8.10. The lowest BCUT2D eigenvalue weighted by Gasteiger charge is -2.30. The first kappa shape index (κ1) is 14.5. The van der Waals surface area contributed by atoms with E-state index in [9.17, 15) is 0 Å². The molecule has 0 saturated heterocycles. The molecule has 0 heterocycles. The lowest BCUT2D eigenvalue weighted by Crippen LogP contribution is -2.34. The van der Waals surface area contributed by atoms with Crippen LogP contribution < -0.4 is 4.90 Å². The average molecular weight is 300 g/mol. The third kappa shape index (κ3) is 4.00. The van der Waals surface area contributed by atoms with Crippen LogP contribution in [0.5, 0.6) is 0 Å². The number of alkyl halides is 1. The molecule has 0 bridgehead atoms. The molecule has 0 aliphatic rings. The average Bonchev–Trinajstić information content (AvgIpc) is 2.30. The maximum atomic E-state index is 5.19. The normalized spacial score (nSPS) is 10.9. The maximum Gasteiger partial charge on any atom is 0.0637 e. The van der Waals surface area contributed by atoms with Crippen LogP contribution in [0.1, 0.15) is 25.0 Å². The zero-order chi connectivity index (χ0) is 12.8. The SMILES string of the molecule is COCCN(c1ccc(C)cc1CBr)C(C)C. The lowest BCUT2D eigenvalue weighted by atomic mass is 10.1. The van der Waals surface area contributed by atoms with Crippen LogP contribution in [0.2, 0.25) is 0 Å². The van der Waals surface area contributed by atoms with Crippen molar-refractivity contribution in [2.75, 3.05) is 25.2 Å². The fourth-order valence-corrected chi connectivity index (χ4v) is 2.40. The van der Waals surface area contributed by atoms with Crippen LogP contribution in [0.25, 0.3) is 0 Å². The standard InChI is InChI=1S/C14H22BrNO/c1-11(2)16(7-8-17-4)14-6-5-12(3)9-13(14)10-15/h5-6,9,11H,7-8,10H2,1-4H3. The van der Waals surface area contributed by atoms with E-state index in [1.807, 2.05) is 0 Å². The number of ether oxygens (including phenoxy) is 1. The van der Waals surface area contributed by atoms with Crippen molar-refractivity contribution in [3.63, 3.8) is 0 Å². The Kier molecular flexibility index (Phi) is 6.00. The van der Waals surface area contributed by atoms with Crippen LogP contribution in [-0.4, -0.2) is 26.3 Å². The highest BCUT2D eigenvalue weighted by Gasteiger charge is 2.13. The number of aryl methyl sites for hydroxylation is 1. The van der Waals surface area contributed by atoms with Gasteiger partial charge in [-0.25, -0.2) is 0 Å². The Morgan fingerprint density at radius 1 is 1.35 bits per heavy atom. The minimum Gasteiger partial charge on any atom is -0.383 e. The minimum absolute atomic E-state index is 0.477. The van der Waals surface area contributed by atoms with Crippen molar-refractivity contribution in [2.24, 2.45) is 0 Å². The van der Waals surface area contributed by atoms with Gasteiger partial charge >= 0.3 is 0 Å². The molecule has 0 N–H and O–H groups in total. The summed E-state index contributed by atoms with van der Waals surface area (Å²) in [7, 11) is 1.75. The number of hydrogen-bond acceptors (Lipinski definition) is 2. The predicted molar refractivity (Wildman–Crippen MR) is 78.2 cm³/mol. The molecule has 0 amide bonds. The second kappa shape index (κ2) is 7.02. The summed E-state index contributed by atoms with van der Waals surface area (Å²) in [6, 6.07) is 7.10. The largest absolute Gasteiger partial charge is 0.383 e. The quantitative estimate of drug-likeness (QED) is 0.742. The first-order valence-electron chi connectivity index (χ1n) is 6.01. The van der Waals surface area contributed by atoms with Gasteiger partial charge in [-0.15, -0.1) is 0 Å². The molecule has 2 nitrogen and oxygen atoms in total. The van der Waals surface area contributed by atoms with Gasteiger partial charge in [0.05, 0.1) is 6.61 Å². The van der Waals surface area contributed by atoms with Crippen LogP contribution >= 0.6 is 15.9 Å². The number of benzene rings is 1. The Labute approximate surface area is 113 Å². The van der Waals surface area contributed by atoms with Crippen LogP contribution in [0.15, 0.2) is 18.2 Å². The summed E-state index contributed by atoms with van der Waals surface area (Å²) in [5.41, 5.74) is 3.95. The van der Waals surface area contributed by atoms with Crippen molar-refractivity contribution < 1.29 is 4.74 Å². The van der Waals surface area contributed by atoms with E-state index in [-0.39, 0.29) is 0 Å². The smallest absolute Gasteiger partial charge is 0.0637 e. The molecule has 1 aromatic carbocycles. The number of hydrogen-bond donors (Lipinski definition) is 0. The van der Waals surface area contributed by atoms with Gasteiger partial charge in [-0.3, -0.25) is 0 Å². The fraction of sp³-hybridized carbons (Fsp3) is 0.571. The summed E-state index contributed by atoms with van der Waals surface area (Å²) in [5.74, 6) is 0. The van der Waals surface area contributed by atoms with Crippen LogP contribution in [-0.2, 0) is 10.1 Å². The summed E-state index contributed by atoms with van der Waals surface area (Å²) in [4.78, 5) is 2.39. The van der Waals surface area contributed by atoms with Crippen molar-refractivity contribution >= 4 is 21.6 Å². The monoisotopic (exact) mass is 299 g/mol. The lowest BCUT2D eigenvalue weighted by molar-refractivity contribution is 0.204. The van der Waals surface area contributed by atoms with E-state index in [0.29, 0.717) is 6.04 Å². The Morgan fingerprint density at radius 3 is 2.59 bits per heavy atom. The van der Waals surface area contributed by atoms with Crippen molar-refractivity contribution in [3.05, 3.63) is 29.3 Å². The molecule has 0 aliphatic carbocycles. The molecule has 0 radical (unpaired) electrons. The van der Waals surface area contributed by atoms with Crippen LogP contribution in [0.3, 0.4) is 0 Å². The number of methoxy groups -OCH3 is 1. The molecular weight excluding hydrogens is 278 g/mol. The summed E-state index contributed by atoms with van der Waals surface area (Å²) in [5, 5.41) is 0.889. The molecule has 0 aliphatic heterocycles.